The van der Waals surface area contributed by atoms with Crippen LogP contribution in [0.5, 0.6) is 5.75 Å². The normalized spacial score (nSPS) is 15.5. The molecule has 11 heteroatoms. The van der Waals surface area contributed by atoms with Crippen LogP contribution in [0.1, 0.15) is 42.9 Å². The monoisotopic (exact) mass is 476 g/mol. The van der Waals surface area contributed by atoms with Crippen LogP contribution in [0.2, 0.25) is 0 Å². The van der Waals surface area contributed by atoms with E-state index in [1.807, 2.05) is 25.5 Å². The standard InChI is InChI=1S/C22H25FN4O5S/c1-13(2)19-18-17(32-12-22(3)10-31-11-22)9-16(21(28)26-33(4,29)30)24-20(18)27(25-19)15-7-5-14(23)6-8-15/h5-9,13H,10-12H2,1-4H3,(H,26,28). The molecular formula is C22H25FN4O5S. The van der Waals surface area contributed by atoms with Crippen molar-refractivity contribution in [2.24, 2.45) is 5.41 Å². The Morgan fingerprint density at radius 2 is 1.97 bits per heavy atom. The molecule has 1 amide bonds. The molecule has 0 bridgehead atoms. The van der Waals surface area contributed by atoms with Crippen molar-refractivity contribution in [3.63, 3.8) is 0 Å². The molecule has 1 saturated heterocycles. The number of hydrogen-bond acceptors (Lipinski definition) is 7. The van der Waals surface area contributed by atoms with Crippen LogP contribution in [-0.2, 0) is 14.8 Å². The summed E-state index contributed by atoms with van der Waals surface area (Å²) in [6, 6.07) is 7.11. The second-order valence-electron chi connectivity index (χ2n) is 8.93. The van der Waals surface area contributed by atoms with Gasteiger partial charge in [-0.3, -0.25) is 4.79 Å². The Kier molecular flexibility index (Phi) is 5.87. The molecule has 1 N–H and O–H groups in total. The number of rotatable bonds is 7. The number of nitrogens with one attached hydrogen (secondary N) is 1. The summed E-state index contributed by atoms with van der Waals surface area (Å²) in [7, 11) is -3.80. The number of carbonyl (C=O) groups is 1. The van der Waals surface area contributed by atoms with Gasteiger partial charge in [-0.15, -0.1) is 0 Å². The maximum Gasteiger partial charge on any atom is 0.283 e. The van der Waals surface area contributed by atoms with Crippen molar-refractivity contribution in [3.05, 3.63) is 47.5 Å². The van der Waals surface area contributed by atoms with E-state index in [-0.39, 0.29) is 17.0 Å². The molecule has 3 heterocycles. The number of halogens is 1. The molecule has 2 aromatic heterocycles. The van der Waals surface area contributed by atoms with Gasteiger partial charge in [0.1, 0.15) is 17.3 Å². The molecule has 1 fully saturated rings. The van der Waals surface area contributed by atoms with E-state index in [0.29, 0.717) is 48.0 Å². The van der Waals surface area contributed by atoms with E-state index in [2.05, 4.69) is 10.1 Å². The lowest BCUT2D eigenvalue weighted by atomic mass is 9.90. The first-order valence-corrected chi connectivity index (χ1v) is 12.3. The van der Waals surface area contributed by atoms with E-state index in [4.69, 9.17) is 9.47 Å². The summed E-state index contributed by atoms with van der Waals surface area (Å²) in [6.07, 6.45) is 0.887. The first-order chi connectivity index (χ1) is 15.5. The van der Waals surface area contributed by atoms with Gasteiger partial charge < -0.3 is 9.47 Å². The highest BCUT2D eigenvalue weighted by atomic mass is 32.2. The lowest BCUT2D eigenvalue weighted by molar-refractivity contribution is -0.120. The number of amides is 1. The van der Waals surface area contributed by atoms with Crippen LogP contribution >= 0.6 is 0 Å². The van der Waals surface area contributed by atoms with Crippen LogP contribution in [0.15, 0.2) is 30.3 Å². The molecule has 1 aliphatic heterocycles. The Labute approximate surface area is 191 Å². The number of carbonyl (C=O) groups excluding carboxylic acids is 1. The fourth-order valence-electron chi connectivity index (χ4n) is 3.51. The molecule has 9 nitrogen and oxygen atoms in total. The summed E-state index contributed by atoms with van der Waals surface area (Å²) in [5, 5.41) is 5.29. The largest absolute Gasteiger partial charge is 0.492 e. The van der Waals surface area contributed by atoms with Gasteiger partial charge in [-0.25, -0.2) is 27.2 Å². The maximum absolute atomic E-state index is 13.5. The molecular weight excluding hydrogens is 451 g/mol. The fraction of sp³-hybridized carbons (Fsp3) is 0.409. The van der Waals surface area contributed by atoms with Crippen molar-refractivity contribution >= 4 is 27.0 Å². The second-order valence-corrected chi connectivity index (χ2v) is 10.7. The topological polar surface area (TPSA) is 112 Å². The molecule has 1 aliphatic rings. The molecule has 0 aliphatic carbocycles. The minimum atomic E-state index is -3.80. The molecule has 33 heavy (non-hydrogen) atoms. The number of benzene rings is 1. The number of sulfonamides is 1. The van der Waals surface area contributed by atoms with Crippen molar-refractivity contribution in [3.8, 4) is 11.4 Å². The quantitative estimate of drug-likeness (QED) is 0.558. The zero-order chi connectivity index (χ0) is 24.0. The smallest absolute Gasteiger partial charge is 0.283 e. The number of nitrogens with zero attached hydrogens (tertiary/aromatic N) is 3. The van der Waals surface area contributed by atoms with Crippen molar-refractivity contribution in [2.75, 3.05) is 26.1 Å². The van der Waals surface area contributed by atoms with Gasteiger partial charge in [0.15, 0.2) is 5.65 Å². The number of ether oxygens (including phenoxy) is 2. The number of hydrogen-bond donors (Lipinski definition) is 1. The molecule has 0 radical (unpaired) electrons. The summed E-state index contributed by atoms with van der Waals surface area (Å²) < 4.78 is 51.6. The van der Waals surface area contributed by atoms with Crippen LogP contribution in [0.3, 0.4) is 0 Å². The number of fused-ring (bicyclic) bond motifs is 1. The minimum Gasteiger partial charge on any atom is -0.492 e. The maximum atomic E-state index is 13.5. The van der Waals surface area contributed by atoms with Crippen LogP contribution in [0.4, 0.5) is 4.39 Å². The Hall–Kier alpha value is -3.05. The lowest BCUT2D eigenvalue weighted by Gasteiger charge is -2.37. The molecule has 0 spiro atoms. The minimum absolute atomic E-state index is 0.0170. The number of pyridine rings is 1. The first-order valence-electron chi connectivity index (χ1n) is 10.4. The number of aromatic nitrogens is 3. The highest BCUT2D eigenvalue weighted by molar-refractivity contribution is 7.89. The van der Waals surface area contributed by atoms with Crippen LogP contribution < -0.4 is 9.46 Å². The van der Waals surface area contributed by atoms with E-state index >= 15 is 0 Å². The predicted molar refractivity (Wildman–Crippen MR) is 120 cm³/mol. The summed E-state index contributed by atoms with van der Waals surface area (Å²) >= 11 is 0. The Morgan fingerprint density at radius 3 is 2.52 bits per heavy atom. The SMILES string of the molecule is CC(C)c1nn(-c2ccc(F)cc2)c2nc(C(=O)NS(C)(=O)=O)cc(OCC3(C)COC3)c12. The molecule has 0 saturated carbocycles. The van der Waals surface area contributed by atoms with Crippen LogP contribution in [0, 0.1) is 11.2 Å². The van der Waals surface area contributed by atoms with E-state index in [0.717, 1.165) is 6.26 Å². The summed E-state index contributed by atoms with van der Waals surface area (Å²) in [5.41, 5.74) is 1.21. The lowest BCUT2D eigenvalue weighted by Crippen LogP contribution is -2.44. The summed E-state index contributed by atoms with van der Waals surface area (Å²) in [5.74, 6) is -0.943. The molecule has 3 aromatic rings. The molecule has 4 rings (SSSR count). The molecule has 1 aromatic carbocycles. The Bertz CT molecular complexity index is 1310. The van der Waals surface area contributed by atoms with Crippen LogP contribution in [-0.4, -0.2) is 55.2 Å². The van der Waals surface area contributed by atoms with Gasteiger partial charge in [0.05, 0.1) is 42.8 Å². The summed E-state index contributed by atoms with van der Waals surface area (Å²) in [6.45, 7) is 7.39. The van der Waals surface area contributed by atoms with Gasteiger partial charge in [-0.05, 0) is 30.2 Å². The Morgan fingerprint density at radius 1 is 1.30 bits per heavy atom. The van der Waals surface area contributed by atoms with E-state index in [9.17, 15) is 17.6 Å². The van der Waals surface area contributed by atoms with Gasteiger partial charge in [0, 0.05) is 11.5 Å². The van der Waals surface area contributed by atoms with Crippen molar-refractivity contribution in [1.82, 2.24) is 19.5 Å². The molecule has 0 atom stereocenters. The van der Waals surface area contributed by atoms with Crippen molar-refractivity contribution in [1.29, 1.82) is 0 Å². The van der Waals surface area contributed by atoms with Crippen molar-refractivity contribution in [2.45, 2.75) is 26.7 Å². The zero-order valence-electron chi connectivity index (χ0n) is 18.8. The van der Waals surface area contributed by atoms with Gasteiger partial charge >= 0.3 is 0 Å². The average Bonchev–Trinajstić information content (AvgIpc) is 3.10. The average molecular weight is 477 g/mol. The third-order valence-corrected chi connectivity index (χ3v) is 5.79. The van der Waals surface area contributed by atoms with Crippen molar-refractivity contribution < 1.29 is 27.1 Å². The van der Waals surface area contributed by atoms with E-state index in [1.165, 1.54) is 22.9 Å². The highest BCUT2D eigenvalue weighted by Gasteiger charge is 2.35. The zero-order valence-corrected chi connectivity index (χ0v) is 19.6. The fourth-order valence-corrected chi connectivity index (χ4v) is 3.95. The van der Waals surface area contributed by atoms with Gasteiger partial charge in [-0.2, -0.15) is 5.10 Å². The second kappa shape index (κ2) is 8.38. The predicted octanol–water partition coefficient (Wildman–Crippen LogP) is 2.79. The molecule has 0 unspecified atom stereocenters. The van der Waals surface area contributed by atoms with Gasteiger partial charge in [0.2, 0.25) is 10.0 Å². The first kappa shape index (κ1) is 23.1. The third kappa shape index (κ3) is 4.83. The third-order valence-electron chi connectivity index (χ3n) is 5.23. The summed E-state index contributed by atoms with van der Waals surface area (Å²) in [4.78, 5) is 17.1. The van der Waals surface area contributed by atoms with Crippen LogP contribution in [0.25, 0.3) is 16.7 Å². The highest BCUT2D eigenvalue weighted by Crippen LogP contribution is 2.36. The van der Waals surface area contributed by atoms with E-state index < -0.39 is 21.7 Å². The van der Waals surface area contributed by atoms with E-state index in [1.54, 1.807) is 12.1 Å². The molecule has 176 valence electrons. The Balaban J connectivity index is 1.91. The van der Waals surface area contributed by atoms with Gasteiger partial charge in [-0.1, -0.05) is 20.8 Å². The van der Waals surface area contributed by atoms with Gasteiger partial charge in [0.25, 0.3) is 5.91 Å².